The number of nitrogens with two attached hydrogens (primary N) is 1. The Kier molecular flexibility index (Phi) is 4.35. The van der Waals surface area contributed by atoms with Crippen molar-refractivity contribution in [2.24, 2.45) is 5.73 Å². The normalized spacial score (nSPS) is 11.8. The lowest BCUT2D eigenvalue weighted by atomic mass is 10.2. The average Bonchev–Trinajstić information content (AvgIpc) is 2.92. The minimum Gasteiger partial charge on any atom is -0.484 e. The van der Waals surface area contributed by atoms with Gasteiger partial charge in [-0.25, -0.2) is 4.98 Å². The number of ether oxygens (including phenoxy) is 1. The number of carbonyl (C=O) groups is 1. The summed E-state index contributed by atoms with van der Waals surface area (Å²) in [6.45, 7) is 1.94. The van der Waals surface area contributed by atoms with Crippen LogP contribution in [-0.4, -0.2) is 17.5 Å². The first kappa shape index (κ1) is 13.4. The van der Waals surface area contributed by atoms with Gasteiger partial charge in [0.25, 0.3) is 5.91 Å². The van der Waals surface area contributed by atoms with Crippen molar-refractivity contribution >= 4 is 22.9 Å². The second-order valence-corrected chi connectivity index (χ2v) is 4.78. The van der Waals surface area contributed by atoms with Gasteiger partial charge in [-0.05, 0) is 31.2 Å². The number of thiazole rings is 1. The molecule has 0 saturated carbocycles. The first-order valence-electron chi connectivity index (χ1n) is 5.81. The quantitative estimate of drug-likeness (QED) is 0.848. The molecule has 3 N–H and O–H groups in total. The first-order chi connectivity index (χ1) is 9.15. The van der Waals surface area contributed by atoms with E-state index in [9.17, 15) is 4.79 Å². The number of carbonyl (C=O) groups excluding carboxylic acids is 1. The maximum atomic E-state index is 10.6. The Morgan fingerprint density at radius 2 is 2.21 bits per heavy atom. The average molecular weight is 277 g/mol. The number of hydrogen-bond acceptors (Lipinski definition) is 5. The van der Waals surface area contributed by atoms with Crippen LogP contribution in [0.1, 0.15) is 18.7 Å². The molecule has 2 aromatic rings. The maximum absolute atomic E-state index is 10.6. The smallest absolute Gasteiger partial charge is 0.255 e. The SMILES string of the molecule is CC(Nc1ccc(OCC(N)=O)cc1)c1cscn1. The fourth-order valence-electron chi connectivity index (χ4n) is 1.56. The number of primary amides is 1. The van der Waals surface area contributed by atoms with Crippen molar-refractivity contribution in [2.75, 3.05) is 11.9 Å². The lowest BCUT2D eigenvalue weighted by Gasteiger charge is -2.13. The molecule has 100 valence electrons. The molecule has 2 rings (SSSR count). The van der Waals surface area contributed by atoms with Crippen LogP contribution in [0.15, 0.2) is 35.2 Å². The molecule has 0 aliphatic rings. The van der Waals surface area contributed by atoms with Gasteiger partial charge in [-0.1, -0.05) is 0 Å². The highest BCUT2D eigenvalue weighted by molar-refractivity contribution is 7.07. The molecule has 0 spiro atoms. The Bertz CT molecular complexity index is 525. The largest absolute Gasteiger partial charge is 0.484 e. The maximum Gasteiger partial charge on any atom is 0.255 e. The lowest BCUT2D eigenvalue weighted by Crippen LogP contribution is -2.19. The molecule has 1 heterocycles. The van der Waals surface area contributed by atoms with E-state index in [0.717, 1.165) is 11.4 Å². The third kappa shape index (κ3) is 3.96. The van der Waals surface area contributed by atoms with E-state index in [1.807, 2.05) is 29.9 Å². The van der Waals surface area contributed by atoms with E-state index >= 15 is 0 Å². The fraction of sp³-hybridized carbons (Fsp3) is 0.231. The van der Waals surface area contributed by atoms with Gasteiger partial charge in [0.05, 0.1) is 17.2 Å². The molecular formula is C13H15N3O2S. The van der Waals surface area contributed by atoms with E-state index in [1.165, 1.54) is 0 Å². The van der Waals surface area contributed by atoms with Crippen LogP contribution in [0.4, 0.5) is 5.69 Å². The molecule has 0 radical (unpaired) electrons. The highest BCUT2D eigenvalue weighted by atomic mass is 32.1. The molecule has 1 unspecified atom stereocenters. The summed E-state index contributed by atoms with van der Waals surface area (Å²) < 4.78 is 5.19. The zero-order chi connectivity index (χ0) is 13.7. The Morgan fingerprint density at radius 3 is 2.79 bits per heavy atom. The summed E-state index contributed by atoms with van der Waals surface area (Å²) in [5.41, 5.74) is 8.80. The Balaban J connectivity index is 1.93. The summed E-state index contributed by atoms with van der Waals surface area (Å²) in [5, 5.41) is 5.35. The van der Waals surface area contributed by atoms with E-state index in [0.29, 0.717) is 5.75 Å². The Morgan fingerprint density at radius 1 is 1.47 bits per heavy atom. The fourth-order valence-corrected chi connectivity index (χ4v) is 2.21. The van der Waals surface area contributed by atoms with Crippen molar-refractivity contribution in [2.45, 2.75) is 13.0 Å². The first-order valence-corrected chi connectivity index (χ1v) is 6.75. The Labute approximate surface area is 115 Å². The molecule has 1 aromatic heterocycles. The third-order valence-corrected chi connectivity index (χ3v) is 3.12. The van der Waals surface area contributed by atoms with Gasteiger partial charge in [0.2, 0.25) is 0 Å². The minimum absolute atomic E-state index is 0.109. The Hall–Kier alpha value is -2.08. The number of benzene rings is 1. The number of nitrogens with zero attached hydrogens (tertiary/aromatic N) is 1. The van der Waals surface area contributed by atoms with Gasteiger partial charge in [0.15, 0.2) is 6.61 Å². The van der Waals surface area contributed by atoms with E-state index in [2.05, 4.69) is 10.3 Å². The van der Waals surface area contributed by atoms with Gasteiger partial charge < -0.3 is 15.8 Å². The van der Waals surface area contributed by atoms with Crippen molar-refractivity contribution < 1.29 is 9.53 Å². The zero-order valence-electron chi connectivity index (χ0n) is 10.5. The number of aromatic nitrogens is 1. The summed E-state index contributed by atoms with van der Waals surface area (Å²) >= 11 is 1.58. The lowest BCUT2D eigenvalue weighted by molar-refractivity contribution is -0.119. The van der Waals surface area contributed by atoms with Gasteiger partial charge in [-0.3, -0.25) is 4.79 Å². The number of nitrogens with one attached hydrogen (secondary N) is 1. The second kappa shape index (κ2) is 6.19. The number of anilines is 1. The van der Waals surface area contributed by atoms with Gasteiger partial charge >= 0.3 is 0 Å². The van der Waals surface area contributed by atoms with Crippen molar-refractivity contribution in [3.8, 4) is 5.75 Å². The molecule has 1 amide bonds. The molecule has 0 saturated heterocycles. The number of amides is 1. The second-order valence-electron chi connectivity index (χ2n) is 4.06. The van der Waals surface area contributed by atoms with Crippen LogP contribution in [0.25, 0.3) is 0 Å². The standard InChI is InChI=1S/C13H15N3O2S/c1-9(12-7-19-8-15-12)16-10-2-4-11(5-3-10)18-6-13(14)17/h2-5,7-9,16H,6H2,1H3,(H2,14,17). The molecule has 19 heavy (non-hydrogen) atoms. The minimum atomic E-state index is -0.487. The molecule has 0 bridgehead atoms. The summed E-state index contributed by atoms with van der Waals surface area (Å²) in [7, 11) is 0. The van der Waals surface area contributed by atoms with Gasteiger partial charge in [-0.2, -0.15) is 0 Å². The zero-order valence-corrected chi connectivity index (χ0v) is 11.3. The summed E-state index contributed by atoms with van der Waals surface area (Å²) in [6.07, 6.45) is 0. The summed E-state index contributed by atoms with van der Waals surface area (Å²) in [5.74, 6) is 0.130. The molecule has 5 nitrogen and oxygen atoms in total. The van der Waals surface area contributed by atoms with Crippen molar-refractivity contribution in [1.29, 1.82) is 0 Å². The molecule has 6 heteroatoms. The number of hydrogen-bond donors (Lipinski definition) is 2. The topological polar surface area (TPSA) is 77.2 Å². The molecular weight excluding hydrogens is 262 g/mol. The van der Waals surface area contributed by atoms with Crippen LogP contribution in [-0.2, 0) is 4.79 Å². The van der Waals surface area contributed by atoms with Crippen LogP contribution < -0.4 is 15.8 Å². The van der Waals surface area contributed by atoms with Crippen LogP contribution in [0.5, 0.6) is 5.75 Å². The van der Waals surface area contributed by atoms with Gasteiger partial charge in [0.1, 0.15) is 5.75 Å². The van der Waals surface area contributed by atoms with Crippen LogP contribution in [0.3, 0.4) is 0 Å². The molecule has 0 aliphatic heterocycles. The summed E-state index contributed by atoms with van der Waals surface area (Å²) in [4.78, 5) is 14.9. The monoisotopic (exact) mass is 277 g/mol. The molecule has 0 fully saturated rings. The van der Waals surface area contributed by atoms with E-state index in [4.69, 9.17) is 10.5 Å². The van der Waals surface area contributed by atoms with Gasteiger partial charge in [-0.15, -0.1) is 11.3 Å². The molecule has 1 aromatic carbocycles. The summed E-state index contributed by atoms with van der Waals surface area (Å²) in [6, 6.07) is 7.50. The van der Waals surface area contributed by atoms with Crippen molar-refractivity contribution in [3.63, 3.8) is 0 Å². The predicted molar refractivity (Wildman–Crippen MR) is 75.3 cm³/mol. The van der Waals surface area contributed by atoms with E-state index in [1.54, 1.807) is 23.5 Å². The van der Waals surface area contributed by atoms with E-state index in [-0.39, 0.29) is 12.6 Å². The van der Waals surface area contributed by atoms with Crippen molar-refractivity contribution in [1.82, 2.24) is 4.98 Å². The van der Waals surface area contributed by atoms with Gasteiger partial charge in [0, 0.05) is 11.1 Å². The number of rotatable bonds is 6. The third-order valence-electron chi connectivity index (χ3n) is 2.51. The van der Waals surface area contributed by atoms with Crippen LogP contribution in [0.2, 0.25) is 0 Å². The van der Waals surface area contributed by atoms with Crippen LogP contribution >= 0.6 is 11.3 Å². The molecule has 0 aliphatic carbocycles. The predicted octanol–water partition coefficient (Wildman–Crippen LogP) is 2.18. The molecule has 1 atom stereocenters. The van der Waals surface area contributed by atoms with Crippen LogP contribution in [0, 0.1) is 0 Å². The highest BCUT2D eigenvalue weighted by Gasteiger charge is 2.07. The highest BCUT2D eigenvalue weighted by Crippen LogP contribution is 2.21. The van der Waals surface area contributed by atoms with E-state index < -0.39 is 5.91 Å². The van der Waals surface area contributed by atoms with Crippen molar-refractivity contribution in [3.05, 3.63) is 40.8 Å².